The van der Waals surface area contributed by atoms with E-state index in [0.29, 0.717) is 23.0 Å². The highest BCUT2D eigenvalue weighted by atomic mass is 35.5. The van der Waals surface area contributed by atoms with Crippen molar-refractivity contribution >= 4 is 34.5 Å². The molecule has 1 amide bonds. The van der Waals surface area contributed by atoms with E-state index in [1.165, 1.54) is 28.4 Å². The Morgan fingerprint density at radius 1 is 1.40 bits per heavy atom. The zero-order chi connectivity index (χ0) is 17.8. The number of rotatable bonds is 6. The van der Waals surface area contributed by atoms with Gasteiger partial charge < -0.3 is 5.32 Å². The minimum atomic E-state index is -0.495. The lowest BCUT2D eigenvalue weighted by molar-refractivity contribution is -0.385. The fraction of sp³-hybridized carbons (Fsp3) is 0.125. The highest BCUT2D eigenvalue weighted by molar-refractivity contribution is 7.12. The zero-order valence-electron chi connectivity index (χ0n) is 12.9. The van der Waals surface area contributed by atoms with E-state index in [2.05, 4.69) is 10.4 Å². The van der Waals surface area contributed by atoms with Crippen LogP contribution in [0.25, 0.3) is 0 Å². The van der Waals surface area contributed by atoms with Gasteiger partial charge in [-0.25, -0.2) is 0 Å². The predicted octanol–water partition coefficient (Wildman–Crippen LogP) is 3.48. The Kier molecular flexibility index (Phi) is 5.11. The van der Waals surface area contributed by atoms with Crippen molar-refractivity contribution in [1.82, 2.24) is 15.1 Å². The van der Waals surface area contributed by atoms with Crippen molar-refractivity contribution in [3.05, 3.63) is 79.2 Å². The largest absolute Gasteiger partial charge is 0.347 e. The van der Waals surface area contributed by atoms with Crippen LogP contribution in [0.3, 0.4) is 0 Å². The highest BCUT2D eigenvalue weighted by Gasteiger charge is 2.12. The number of halogens is 1. The maximum Gasteiger partial charge on any atom is 0.307 e. The summed E-state index contributed by atoms with van der Waals surface area (Å²) in [5, 5.41) is 19.9. The van der Waals surface area contributed by atoms with Crippen molar-refractivity contribution in [2.75, 3.05) is 0 Å². The molecule has 1 N–H and O–H groups in total. The molecule has 0 bridgehead atoms. The van der Waals surface area contributed by atoms with E-state index < -0.39 is 4.92 Å². The van der Waals surface area contributed by atoms with Gasteiger partial charge in [-0.15, -0.1) is 11.3 Å². The molecule has 0 atom stereocenters. The Bertz CT molecular complexity index is 922. The van der Waals surface area contributed by atoms with Crippen LogP contribution in [0.15, 0.2) is 48.1 Å². The normalized spacial score (nSPS) is 10.6. The molecular weight excluding hydrogens is 364 g/mol. The maximum atomic E-state index is 12.2. The van der Waals surface area contributed by atoms with Gasteiger partial charge >= 0.3 is 5.69 Å². The molecule has 1 aromatic carbocycles. The average Bonchev–Trinajstić information content (AvgIpc) is 3.24. The first kappa shape index (κ1) is 17.1. The van der Waals surface area contributed by atoms with Crippen molar-refractivity contribution in [2.45, 2.75) is 13.1 Å². The topological polar surface area (TPSA) is 90.1 Å². The quantitative estimate of drug-likeness (QED) is 0.526. The van der Waals surface area contributed by atoms with Crippen molar-refractivity contribution in [1.29, 1.82) is 0 Å². The molecule has 0 aliphatic heterocycles. The number of nitrogens with one attached hydrogen (secondary N) is 1. The van der Waals surface area contributed by atoms with E-state index in [-0.39, 0.29) is 11.6 Å². The molecule has 0 unspecified atom stereocenters. The zero-order valence-corrected chi connectivity index (χ0v) is 14.5. The van der Waals surface area contributed by atoms with Crippen LogP contribution in [0.5, 0.6) is 0 Å². The minimum Gasteiger partial charge on any atom is -0.347 e. The Balaban J connectivity index is 1.61. The molecule has 0 spiro atoms. The molecule has 3 rings (SSSR count). The van der Waals surface area contributed by atoms with Crippen LogP contribution in [-0.4, -0.2) is 20.6 Å². The monoisotopic (exact) mass is 376 g/mol. The standard InChI is InChI=1S/C16H13ClN4O3S/c17-14-4-2-1-3-12(14)6-18-16(22)15-5-11(10-25-15)8-20-9-13(7-19-20)21(23)24/h1-5,7,9-10H,6,8H2,(H,18,22). The van der Waals surface area contributed by atoms with Crippen LogP contribution in [-0.2, 0) is 13.1 Å². The molecule has 7 nitrogen and oxygen atoms in total. The molecule has 3 aromatic rings. The third-order valence-electron chi connectivity index (χ3n) is 3.45. The Hall–Kier alpha value is -2.71. The van der Waals surface area contributed by atoms with Crippen LogP contribution in [0, 0.1) is 10.1 Å². The van der Waals surface area contributed by atoms with E-state index >= 15 is 0 Å². The van der Waals surface area contributed by atoms with E-state index in [1.807, 2.05) is 23.6 Å². The first-order valence-electron chi connectivity index (χ1n) is 7.29. The number of carbonyl (C=O) groups is 1. The summed E-state index contributed by atoms with van der Waals surface area (Å²) in [5.41, 5.74) is 1.64. The predicted molar refractivity (Wildman–Crippen MR) is 94.9 cm³/mol. The fourth-order valence-electron chi connectivity index (χ4n) is 2.20. The van der Waals surface area contributed by atoms with Crippen molar-refractivity contribution in [3.8, 4) is 0 Å². The molecule has 0 fully saturated rings. The van der Waals surface area contributed by atoms with Crippen LogP contribution in [0.4, 0.5) is 5.69 Å². The van der Waals surface area contributed by atoms with Crippen LogP contribution in [0.2, 0.25) is 5.02 Å². The van der Waals surface area contributed by atoms with Gasteiger partial charge in [0.25, 0.3) is 5.91 Å². The van der Waals surface area contributed by atoms with Gasteiger partial charge in [-0.1, -0.05) is 29.8 Å². The SMILES string of the molecule is O=C(NCc1ccccc1Cl)c1cc(Cn2cc([N+](=O)[O-])cn2)cs1. The van der Waals surface area contributed by atoms with Crippen molar-refractivity contribution in [3.63, 3.8) is 0 Å². The number of amides is 1. The molecule has 0 aliphatic rings. The van der Waals surface area contributed by atoms with Gasteiger partial charge in [-0.2, -0.15) is 5.10 Å². The first-order valence-corrected chi connectivity index (χ1v) is 8.54. The van der Waals surface area contributed by atoms with Gasteiger partial charge in [-0.3, -0.25) is 19.6 Å². The summed E-state index contributed by atoms with van der Waals surface area (Å²) in [5.74, 6) is -0.192. The smallest absolute Gasteiger partial charge is 0.307 e. The number of thiophene rings is 1. The summed E-state index contributed by atoms with van der Waals surface area (Å²) >= 11 is 7.38. The summed E-state index contributed by atoms with van der Waals surface area (Å²) in [6.07, 6.45) is 2.55. The summed E-state index contributed by atoms with van der Waals surface area (Å²) < 4.78 is 1.46. The van der Waals surface area contributed by atoms with Crippen LogP contribution < -0.4 is 5.32 Å². The molecule has 0 aliphatic carbocycles. The summed E-state index contributed by atoms with van der Waals surface area (Å²) in [4.78, 5) is 23.0. The van der Waals surface area contributed by atoms with Gasteiger partial charge in [0.15, 0.2) is 0 Å². The first-order chi connectivity index (χ1) is 12.0. The van der Waals surface area contributed by atoms with Crippen molar-refractivity contribution < 1.29 is 9.72 Å². The average molecular weight is 377 g/mol. The number of hydrogen-bond donors (Lipinski definition) is 1. The molecule has 2 aromatic heterocycles. The number of hydrogen-bond acceptors (Lipinski definition) is 5. The summed E-state index contributed by atoms with van der Waals surface area (Å²) in [7, 11) is 0. The van der Waals surface area contributed by atoms with Crippen LogP contribution in [0.1, 0.15) is 20.8 Å². The number of benzene rings is 1. The van der Waals surface area contributed by atoms with Crippen molar-refractivity contribution in [2.24, 2.45) is 0 Å². The van der Waals surface area contributed by atoms with Gasteiger partial charge in [-0.05, 0) is 28.6 Å². The number of nitro groups is 1. The van der Waals surface area contributed by atoms with Gasteiger partial charge in [0, 0.05) is 11.6 Å². The highest BCUT2D eigenvalue weighted by Crippen LogP contribution is 2.18. The fourth-order valence-corrected chi connectivity index (χ4v) is 3.22. The summed E-state index contributed by atoms with van der Waals surface area (Å²) in [6.45, 7) is 0.708. The molecular formula is C16H13ClN4O3S. The molecule has 2 heterocycles. The van der Waals surface area contributed by atoms with Crippen LogP contribution >= 0.6 is 22.9 Å². The third kappa shape index (κ3) is 4.23. The minimum absolute atomic E-state index is 0.0621. The molecule has 25 heavy (non-hydrogen) atoms. The second-order valence-electron chi connectivity index (χ2n) is 5.25. The Morgan fingerprint density at radius 3 is 2.92 bits per heavy atom. The maximum absolute atomic E-state index is 12.2. The molecule has 0 radical (unpaired) electrons. The van der Waals surface area contributed by atoms with E-state index in [1.54, 1.807) is 12.1 Å². The van der Waals surface area contributed by atoms with Gasteiger partial charge in [0.1, 0.15) is 12.4 Å². The van der Waals surface area contributed by atoms with Gasteiger partial charge in [0.2, 0.25) is 0 Å². The number of nitrogens with zero attached hydrogens (tertiary/aromatic N) is 3. The van der Waals surface area contributed by atoms with E-state index in [9.17, 15) is 14.9 Å². The van der Waals surface area contributed by atoms with E-state index in [4.69, 9.17) is 11.6 Å². The Morgan fingerprint density at radius 2 is 2.20 bits per heavy atom. The molecule has 128 valence electrons. The molecule has 9 heteroatoms. The molecule has 0 saturated heterocycles. The molecule has 0 saturated carbocycles. The van der Waals surface area contributed by atoms with Gasteiger partial charge in [0.05, 0.1) is 16.3 Å². The Labute approximate surface area is 152 Å². The third-order valence-corrected chi connectivity index (χ3v) is 4.80. The lowest BCUT2D eigenvalue weighted by Crippen LogP contribution is -2.21. The second kappa shape index (κ2) is 7.45. The second-order valence-corrected chi connectivity index (χ2v) is 6.56. The summed E-state index contributed by atoms with van der Waals surface area (Å²) in [6, 6.07) is 9.07. The lowest BCUT2D eigenvalue weighted by atomic mass is 10.2. The number of aromatic nitrogens is 2. The van der Waals surface area contributed by atoms with E-state index in [0.717, 1.165) is 11.1 Å². The lowest BCUT2D eigenvalue weighted by Gasteiger charge is -2.05. The number of carbonyl (C=O) groups excluding carboxylic acids is 1.